The highest BCUT2D eigenvalue weighted by Gasteiger charge is 2.45. The Hall–Kier alpha value is -2.75. The van der Waals surface area contributed by atoms with Gasteiger partial charge in [0.15, 0.2) is 5.78 Å². The SMILES string of the molecule is C=c1nc(CC2=NC3(CCCCC3)C3=C(C2)CC(c2ccccc2)CC3=O)o/c1=C/C. The number of dihydropyridines is 1. The molecule has 1 aromatic carbocycles. The van der Waals surface area contributed by atoms with Gasteiger partial charge in [0.05, 0.1) is 12.0 Å². The molecule has 1 saturated carbocycles. The van der Waals surface area contributed by atoms with E-state index in [1.165, 1.54) is 17.6 Å². The Morgan fingerprint density at radius 2 is 1.94 bits per heavy atom. The van der Waals surface area contributed by atoms with Crippen molar-refractivity contribution in [1.82, 2.24) is 4.98 Å². The van der Waals surface area contributed by atoms with Gasteiger partial charge in [-0.2, -0.15) is 0 Å². The first-order chi connectivity index (χ1) is 15.1. The van der Waals surface area contributed by atoms with E-state index in [2.05, 4.69) is 35.8 Å². The van der Waals surface area contributed by atoms with Crippen LogP contribution in [-0.2, 0) is 11.2 Å². The molecule has 1 spiro atoms. The molecule has 31 heavy (non-hydrogen) atoms. The van der Waals surface area contributed by atoms with Crippen molar-refractivity contribution in [2.75, 3.05) is 0 Å². The molecule has 0 amide bonds. The standard InChI is InChI=1S/C27H30N2O2/c1-3-24-18(2)28-25(31-24)17-22-15-21-14-20(19-10-6-4-7-11-19)16-23(30)26(21)27(29-22)12-8-5-9-13-27/h3-4,6-7,10-11,20H,2,5,8-9,12-17H2,1H3/b24-3+. The number of aliphatic imine (C=N–C) groups is 1. The topological polar surface area (TPSA) is 55.5 Å². The molecule has 2 heterocycles. The minimum atomic E-state index is -0.320. The lowest BCUT2D eigenvalue weighted by molar-refractivity contribution is -0.117. The van der Waals surface area contributed by atoms with Crippen LogP contribution in [0.25, 0.3) is 12.7 Å². The Morgan fingerprint density at radius 1 is 1.16 bits per heavy atom. The Bertz CT molecular complexity index is 1160. The maximum absolute atomic E-state index is 13.5. The van der Waals surface area contributed by atoms with Crippen LogP contribution in [0.5, 0.6) is 0 Å². The predicted molar refractivity (Wildman–Crippen MR) is 123 cm³/mol. The van der Waals surface area contributed by atoms with Crippen LogP contribution >= 0.6 is 0 Å². The van der Waals surface area contributed by atoms with Crippen LogP contribution in [0.4, 0.5) is 0 Å². The van der Waals surface area contributed by atoms with Gasteiger partial charge in [-0.25, -0.2) is 4.98 Å². The molecule has 0 bridgehead atoms. The predicted octanol–water partition coefficient (Wildman–Crippen LogP) is 4.42. The zero-order valence-corrected chi connectivity index (χ0v) is 18.3. The van der Waals surface area contributed by atoms with E-state index < -0.39 is 0 Å². The van der Waals surface area contributed by atoms with Gasteiger partial charge in [0, 0.05) is 24.1 Å². The number of carbonyl (C=O) groups excluding carboxylic acids is 1. The van der Waals surface area contributed by atoms with Crippen LogP contribution in [0.15, 0.2) is 50.9 Å². The van der Waals surface area contributed by atoms with E-state index in [1.807, 2.05) is 19.1 Å². The molecule has 0 radical (unpaired) electrons. The van der Waals surface area contributed by atoms with E-state index in [9.17, 15) is 4.79 Å². The quantitative estimate of drug-likeness (QED) is 0.747. The lowest BCUT2D eigenvalue weighted by Crippen LogP contribution is -2.42. The second-order valence-corrected chi connectivity index (χ2v) is 9.25. The average molecular weight is 415 g/mol. The molecule has 1 unspecified atom stereocenters. The number of ketones is 1. The van der Waals surface area contributed by atoms with Gasteiger partial charge in [-0.15, -0.1) is 0 Å². The normalized spacial score (nSPS) is 23.8. The number of benzene rings is 1. The molecule has 160 valence electrons. The summed E-state index contributed by atoms with van der Waals surface area (Å²) in [7, 11) is 0. The van der Waals surface area contributed by atoms with Crippen molar-refractivity contribution in [1.29, 1.82) is 0 Å². The van der Waals surface area contributed by atoms with Gasteiger partial charge in [0.1, 0.15) is 10.8 Å². The number of fused-ring (bicyclic) bond motifs is 1. The second kappa shape index (κ2) is 8.07. The highest BCUT2D eigenvalue weighted by Crippen LogP contribution is 2.48. The largest absolute Gasteiger partial charge is 0.441 e. The number of carbonyl (C=O) groups is 1. The van der Waals surface area contributed by atoms with Crippen molar-refractivity contribution in [3.63, 3.8) is 0 Å². The van der Waals surface area contributed by atoms with Crippen molar-refractivity contribution < 1.29 is 9.21 Å². The third-order valence-corrected chi connectivity index (χ3v) is 7.15. The third-order valence-electron chi connectivity index (χ3n) is 7.15. The van der Waals surface area contributed by atoms with E-state index >= 15 is 0 Å². The minimum Gasteiger partial charge on any atom is -0.441 e. The van der Waals surface area contributed by atoms with Crippen molar-refractivity contribution in [3.05, 3.63) is 63.7 Å². The molecule has 2 aromatic rings. The number of allylic oxidation sites excluding steroid dienone is 1. The molecule has 0 saturated heterocycles. The number of nitrogens with zero attached hydrogens (tertiary/aromatic N) is 2. The van der Waals surface area contributed by atoms with Gasteiger partial charge < -0.3 is 4.42 Å². The summed E-state index contributed by atoms with van der Waals surface area (Å²) in [5, 5.41) is 0.679. The fraction of sp³-hybridized carbons (Fsp3) is 0.444. The molecular formula is C27H30N2O2. The van der Waals surface area contributed by atoms with Gasteiger partial charge >= 0.3 is 0 Å². The van der Waals surface area contributed by atoms with Crippen LogP contribution in [0.3, 0.4) is 0 Å². The molecular weight excluding hydrogens is 384 g/mol. The summed E-state index contributed by atoms with van der Waals surface area (Å²) in [6.45, 7) is 5.91. The van der Waals surface area contributed by atoms with E-state index in [4.69, 9.17) is 9.41 Å². The molecule has 4 nitrogen and oxygen atoms in total. The smallest absolute Gasteiger partial charge is 0.201 e. The second-order valence-electron chi connectivity index (χ2n) is 9.25. The Morgan fingerprint density at radius 3 is 2.65 bits per heavy atom. The molecule has 5 rings (SSSR count). The highest BCUT2D eigenvalue weighted by molar-refractivity contribution is 6.03. The Labute approximate surface area is 183 Å². The first-order valence-corrected chi connectivity index (χ1v) is 11.6. The fourth-order valence-electron chi connectivity index (χ4n) is 5.84. The molecule has 1 aromatic heterocycles. The Balaban J connectivity index is 1.51. The molecule has 0 N–H and O–H groups in total. The van der Waals surface area contributed by atoms with Crippen molar-refractivity contribution >= 4 is 24.1 Å². The van der Waals surface area contributed by atoms with E-state index in [-0.39, 0.29) is 11.5 Å². The summed E-state index contributed by atoms with van der Waals surface area (Å²) < 4.78 is 5.90. The van der Waals surface area contributed by atoms with Gasteiger partial charge in [-0.1, -0.05) is 61.7 Å². The Kier molecular flexibility index (Phi) is 5.25. The first kappa shape index (κ1) is 20.2. The molecule has 3 aliphatic rings. The third kappa shape index (κ3) is 3.73. The summed E-state index contributed by atoms with van der Waals surface area (Å²) in [5.41, 5.74) is 5.14. The number of hydrogen-bond acceptors (Lipinski definition) is 4. The number of aromatic nitrogens is 1. The minimum absolute atomic E-state index is 0.266. The van der Waals surface area contributed by atoms with E-state index in [1.54, 1.807) is 0 Å². The van der Waals surface area contributed by atoms with Gasteiger partial charge in [0.2, 0.25) is 5.89 Å². The van der Waals surface area contributed by atoms with Crippen molar-refractivity contribution in [2.45, 2.75) is 76.2 Å². The van der Waals surface area contributed by atoms with E-state index in [0.29, 0.717) is 29.9 Å². The fourth-order valence-corrected chi connectivity index (χ4v) is 5.84. The highest BCUT2D eigenvalue weighted by atomic mass is 16.3. The number of oxazole rings is 1. The number of rotatable bonds is 3. The van der Waals surface area contributed by atoms with Crippen molar-refractivity contribution in [3.8, 4) is 0 Å². The lowest BCUT2D eigenvalue weighted by Gasteiger charge is -2.43. The zero-order valence-electron chi connectivity index (χ0n) is 18.3. The zero-order chi connectivity index (χ0) is 21.4. The molecule has 1 fully saturated rings. The van der Waals surface area contributed by atoms with Crippen LogP contribution < -0.4 is 10.8 Å². The molecule has 2 aliphatic carbocycles. The maximum Gasteiger partial charge on any atom is 0.201 e. The summed E-state index contributed by atoms with van der Waals surface area (Å²) >= 11 is 0. The van der Waals surface area contributed by atoms with Crippen LogP contribution in [0.1, 0.15) is 75.7 Å². The van der Waals surface area contributed by atoms with Gasteiger partial charge in [-0.3, -0.25) is 9.79 Å². The van der Waals surface area contributed by atoms with E-state index in [0.717, 1.165) is 55.2 Å². The summed E-state index contributed by atoms with van der Waals surface area (Å²) in [6.07, 6.45) is 10.3. The molecule has 1 aliphatic heterocycles. The average Bonchev–Trinajstić information content (AvgIpc) is 3.13. The summed E-state index contributed by atoms with van der Waals surface area (Å²) in [6, 6.07) is 10.5. The van der Waals surface area contributed by atoms with Gasteiger partial charge in [0.25, 0.3) is 0 Å². The van der Waals surface area contributed by atoms with Crippen LogP contribution in [0.2, 0.25) is 0 Å². The molecule has 4 heteroatoms. The monoisotopic (exact) mass is 414 g/mol. The number of hydrogen-bond donors (Lipinski definition) is 0. The van der Waals surface area contributed by atoms with Crippen LogP contribution in [-0.4, -0.2) is 22.0 Å². The summed E-state index contributed by atoms with van der Waals surface area (Å²) in [5.74, 6) is 1.26. The number of Topliss-reactive ketones (excluding diaryl/α,β-unsaturated/α-hetero) is 1. The maximum atomic E-state index is 13.5. The van der Waals surface area contributed by atoms with Crippen molar-refractivity contribution in [2.24, 2.45) is 4.99 Å². The lowest BCUT2D eigenvalue weighted by atomic mass is 9.65. The summed E-state index contributed by atoms with van der Waals surface area (Å²) in [4.78, 5) is 23.3. The van der Waals surface area contributed by atoms with Crippen LogP contribution in [0, 0.1) is 0 Å². The van der Waals surface area contributed by atoms with Gasteiger partial charge in [-0.05, 0) is 43.7 Å². The first-order valence-electron chi connectivity index (χ1n) is 11.6. The molecule has 1 atom stereocenters.